The number of aryl methyl sites for hydroxylation is 1. The molecule has 1 rings (SSSR count). The van der Waals surface area contributed by atoms with Gasteiger partial charge in [-0.25, -0.2) is 13.1 Å². The minimum absolute atomic E-state index is 0.180. The summed E-state index contributed by atoms with van der Waals surface area (Å²) in [6, 6.07) is 6.83. The molecule has 0 bridgehead atoms. The number of sulfonamides is 1. The Hall–Kier alpha value is -0.980. The maximum atomic E-state index is 12.1. The van der Waals surface area contributed by atoms with Crippen molar-refractivity contribution in [2.24, 2.45) is 11.1 Å². The highest BCUT2D eigenvalue weighted by molar-refractivity contribution is 7.89. The van der Waals surface area contributed by atoms with Crippen molar-refractivity contribution >= 4 is 27.2 Å². The molecule has 0 radical (unpaired) electrons. The molecule has 6 heteroatoms. The summed E-state index contributed by atoms with van der Waals surface area (Å²) in [5.41, 5.74) is 5.72. The van der Waals surface area contributed by atoms with Gasteiger partial charge in [0.05, 0.1) is 9.88 Å². The highest BCUT2D eigenvalue weighted by Gasteiger charge is 2.25. The van der Waals surface area contributed by atoms with Gasteiger partial charge in [-0.05, 0) is 18.6 Å². The lowest BCUT2D eigenvalue weighted by atomic mass is 9.94. The first kappa shape index (κ1) is 15.1. The van der Waals surface area contributed by atoms with Crippen molar-refractivity contribution in [3.8, 4) is 0 Å². The van der Waals surface area contributed by atoms with Gasteiger partial charge in [0.2, 0.25) is 10.0 Å². The van der Waals surface area contributed by atoms with Gasteiger partial charge in [0, 0.05) is 12.0 Å². The fourth-order valence-electron chi connectivity index (χ4n) is 1.30. The summed E-state index contributed by atoms with van der Waals surface area (Å²) in [5, 5.41) is 0. The highest BCUT2D eigenvalue weighted by Crippen LogP contribution is 2.17. The van der Waals surface area contributed by atoms with Gasteiger partial charge in [-0.2, -0.15) is 0 Å². The SMILES string of the molecule is Cc1ccccc1S(=O)(=O)NCC(C)(C)C(N)=S. The maximum Gasteiger partial charge on any atom is 0.240 e. The van der Waals surface area contributed by atoms with Gasteiger partial charge in [-0.15, -0.1) is 0 Å². The fraction of sp³-hybridized carbons (Fsp3) is 0.417. The number of nitrogens with one attached hydrogen (secondary N) is 1. The standard InChI is InChI=1S/C12H18N2O2S2/c1-9-6-4-5-7-10(9)18(15,16)14-8-12(2,3)11(13)17/h4-7,14H,8H2,1-3H3,(H2,13,17). The lowest BCUT2D eigenvalue weighted by Crippen LogP contribution is -2.41. The highest BCUT2D eigenvalue weighted by atomic mass is 32.2. The molecule has 0 spiro atoms. The lowest BCUT2D eigenvalue weighted by Gasteiger charge is -2.23. The Morgan fingerprint density at radius 1 is 1.39 bits per heavy atom. The van der Waals surface area contributed by atoms with Crippen molar-refractivity contribution in [3.63, 3.8) is 0 Å². The molecule has 100 valence electrons. The third kappa shape index (κ3) is 3.51. The molecule has 0 fully saturated rings. The Bertz CT molecular complexity index is 551. The minimum atomic E-state index is -3.52. The van der Waals surface area contributed by atoms with E-state index < -0.39 is 15.4 Å². The van der Waals surface area contributed by atoms with E-state index in [2.05, 4.69) is 4.72 Å². The Morgan fingerprint density at radius 2 is 1.94 bits per heavy atom. The number of nitrogens with two attached hydrogens (primary N) is 1. The van der Waals surface area contributed by atoms with Crippen molar-refractivity contribution in [1.29, 1.82) is 0 Å². The molecule has 1 aromatic rings. The average Bonchev–Trinajstić information content (AvgIpc) is 2.27. The number of rotatable bonds is 5. The van der Waals surface area contributed by atoms with E-state index in [0.29, 0.717) is 5.56 Å². The maximum absolute atomic E-state index is 12.1. The van der Waals surface area contributed by atoms with E-state index in [1.165, 1.54) is 0 Å². The van der Waals surface area contributed by atoms with Crippen LogP contribution in [0.4, 0.5) is 0 Å². The number of hydrogen-bond donors (Lipinski definition) is 2. The van der Waals surface area contributed by atoms with Crippen LogP contribution in [0.5, 0.6) is 0 Å². The predicted molar refractivity (Wildman–Crippen MR) is 76.9 cm³/mol. The Balaban J connectivity index is 2.92. The van der Waals surface area contributed by atoms with E-state index in [1.807, 2.05) is 0 Å². The summed E-state index contributed by atoms with van der Waals surface area (Å²) in [4.78, 5) is 0.568. The Labute approximate surface area is 114 Å². The van der Waals surface area contributed by atoms with Crippen LogP contribution < -0.4 is 10.5 Å². The van der Waals surface area contributed by atoms with Crippen molar-refractivity contribution in [3.05, 3.63) is 29.8 Å². The van der Waals surface area contributed by atoms with Gasteiger partial charge in [-0.1, -0.05) is 44.3 Å². The summed E-state index contributed by atoms with van der Waals surface area (Å²) in [6.07, 6.45) is 0. The first-order valence-corrected chi connectivity index (χ1v) is 7.41. The molecule has 0 saturated carbocycles. The normalized spacial score (nSPS) is 12.4. The molecule has 0 heterocycles. The van der Waals surface area contributed by atoms with Gasteiger partial charge in [0.25, 0.3) is 0 Å². The monoisotopic (exact) mass is 286 g/mol. The lowest BCUT2D eigenvalue weighted by molar-refractivity contribution is 0.501. The minimum Gasteiger partial charge on any atom is -0.393 e. The van der Waals surface area contributed by atoms with Crippen LogP contribution in [0, 0.1) is 12.3 Å². The molecule has 3 N–H and O–H groups in total. The van der Waals surface area contributed by atoms with Crippen LogP contribution in [-0.4, -0.2) is 20.0 Å². The van der Waals surface area contributed by atoms with E-state index in [-0.39, 0.29) is 16.4 Å². The quantitative estimate of drug-likeness (QED) is 0.806. The van der Waals surface area contributed by atoms with Crippen LogP contribution in [0.3, 0.4) is 0 Å². The van der Waals surface area contributed by atoms with Gasteiger partial charge < -0.3 is 5.73 Å². The second-order valence-electron chi connectivity index (χ2n) is 4.84. The molecule has 0 aliphatic carbocycles. The molecule has 0 aliphatic heterocycles. The van der Waals surface area contributed by atoms with Crippen molar-refractivity contribution in [1.82, 2.24) is 4.72 Å². The van der Waals surface area contributed by atoms with Crippen LogP contribution in [0.2, 0.25) is 0 Å². The third-order valence-corrected chi connectivity index (χ3v) is 4.87. The fourth-order valence-corrected chi connectivity index (χ4v) is 2.83. The zero-order valence-corrected chi connectivity index (χ0v) is 12.4. The van der Waals surface area contributed by atoms with E-state index in [9.17, 15) is 8.42 Å². The van der Waals surface area contributed by atoms with E-state index >= 15 is 0 Å². The van der Waals surface area contributed by atoms with Crippen LogP contribution >= 0.6 is 12.2 Å². The van der Waals surface area contributed by atoms with E-state index in [1.54, 1.807) is 45.0 Å². The van der Waals surface area contributed by atoms with Crippen LogP contribution in [0.25, 0.3) is 0 Å². The zero-order valence-electron chi connectivity index (χ0n) is 10.7. The summed E-state index contributed by atoms with van der Waals surface area (Å²) < 4.78 is 26.8. The third-order valence-electron chi connectivity index (χ3n) is 2.75. The van der Waals surface area contributed by atoms with Gasteiger partial charge in [-0.3, -0.25) is 0 Å². The molecule has 0 amide bonds. The Morgan fingerprint density at radius 3 is 2.44 bits per heavy atom. The largest absolute Gasteiger partial charge is 0.393 e. The van der Waals surface area contributed by atoms with E-state index in [0.717, 1.165) is 0 Å². The predicted octanol–water partition coefficient (Wildman–Crippen LogP) is 1.59. The molecule has 0 saturated heterocycles. The molecule has 0 unspecified atom stereocenters. The van der Waals surface area contributed by atoms with Crippen molar-refractivity contribution < 1.29 is 8.42 Å². The Kier molecular flexibility index (Phi) is 4.47. The molecule has 0 aromatic heterocycles. The summed E-state index contributed by atoms with van der Waals surface area (Å²) >= 11 is 4.91. The molecule has 0 aliphatic rings. The first-order valence-electron chi connectivity index (χ1n) is 5.52. The molecule has 18 heavy (non-hydrogen) atoms. The molecule has 0 atom stereocenters. The smallest absolute Gasteiger partial charge is 0.240 e. The zero-order chi connectivity index (χ0) is 14.0. The average molecular weight is 286 g/mol. The molecule has 4 nitrogen and oxygen atoms in total. The molecule has 1 aromatic carbocycles. The first-order chi connectivity index (χ1) is 8.17. The number of thiocarbonyl (C=S) groups is 1. The number of hydrogen-bond acceptors (Lipinski definition) is 3. The summed E-state index contributed by atoms with van der Waals surface area (Å²) in [7, 11) is -3.52. The van der Waals surface area contributed by atoms with Gasteiger partial charge in [0.15, 0.2) is 0 Å². The van der Waals surface area contributed by atoms with Crippen LogP contribution in [0.1, 0.15) is 19.4 Å². The van der Waals surface area contributed by atoms with Crippen molar-refractivity contribution in [2.45, 2.75) is 25.7 Å². The number of benzene rings is 1. The summed E-state index contributed by atoms with van der Waals surface area (Å²) in [6.45, 7) is 5.54. The van der Waals surface area contributed by atoms with Crippen LogP contribution in [0.15, 0.2) is 29.2 Å². The second kappa shape index (κ2) is 5.34. The van der Waals surface area contributed by atoms with Crippen molar-refractivity contribution in [2.75, 3.05) is 6.54 Å². The molecular weight excluding hydrogens is 268 g/mol. The topological polar surface area (TPSA) is 72.2 Å². The molecular formula is C12H18N2O2S2. The van der Waals surface area contributed by atoms with Gasteiger partial charge in [0.1, 0.15) is 0 Å². The van der Waals surface area contributed by atoms with Crippen LogP contribution in [-0.2, 0) is 10.0 Å². The van der Waals surface area contributed by atoms with E-state index in [4.69, 9.17) is 18.0 Å². The second-order valence-corrected chi connectivity index (χ2v) is 7.01. The summed E-state index contributed by atoms with van der Waals surface area (Å²) in [5.74, 6) is 0. The van der Waals surface area contributed by atoms with Gasteiger partial charge >= 0.3 is 0 Å².